The average Bonchev–Trinajstić information content (AvgIpc) is 2.79. The molecule has 188 valence electrons. The molecule has 0 radical (unpaired) electrons. The first-order chi connectivity index (χ1) is 16.8. The molecule has 2 heterocycles. The van der Waals surface area contributed by atoms with Crippen LogP contribution in [0.4, 0.5) is 32.2 Å². The number of nitrogens with zero attached hydrogens (tertiary/aromatic N) is 2. The molecule has 1 aliphatic heterocycles. The number of pyridine rings is 1. The van der Waals surface area contributed by atoms with E-state index in [1.807, 2.05) is 0 Å². The Kier molecular flexibility index (Phi) is 6.15. The maximum Gasteiger partial charge on any atom is 0.416 e. The summed E-state index contributed by atoms with van der Waals surface area (Å²) in [4.78, 5) is 31.1. The smallest absolute Gasteiger partial charge is 0.416 e. The van der Waals surface area contributed by atoms with Crippen molar-refractivity contribution in [3.05, 3.63) is 88.5 Å². The number of likely N-dealkylation sites (N-methyl/N-ethyl adjacent to an activating group) is 1. The van der Waals surface area contributed by atoms with Crippen molar-refractivity contribution in [2.75, 3.05) is 12.4 Å². The van der Waals surface area contributed by atoms with E-state index in [1.54, 1.807) is 0 Å². The first-order valence-electron chi connectivity index (χ1n) is 10.4. The van der Waals surface area contributed by atoms with Crippen molar-refractivity contribution in [2.24, 2.45) is 0 Å². The molecule has 0 saturated heterocycles. The molecule has 0 spiro atoms. The normalized spacial score (nSPS) is 18.1. The monoisotopic (exact) mass is 509 g/mol. The van der Waals surface area contributed by atoms with Crippen molar-refractivity contribution in [1.29, 1.82) is 0 Å². The van der Waals surface area contributed by atoms with Crippen LogP contribution in [0.25, 0.3) is 0 Å². The van der Waals surface area contributed by atoms with Crippen LogP contribution >= 0.6 is 0 Å². The fraction of sp³-hybridized carbons (Fsp3) is 0.208. The van der Waals surface area contributed by atoms with Gasteiger partial charge in [0.15, 0.2) is 0 Å². The maximum absolute atomic E-state index is 13.5. The molecule has 2 amide bonds. The molecule has 0 bridgehead atoms. The Morgan fingerprint density at radius 1 is 0.944 bits per heavy atom. The molecule has 1 aromatic heterocycles. The van der Waals surface area contributed by atoms with Crippen LogP contribution in [0.2, 0.25) is 0 Å². The summed E-state index contributed by atoms with van der Waals surface area (Å²) in [6.07, 6.45) is -10.2. The van der Waals surface area contributed by atoms with Crippen LogP contribution in [-0.4, -0.2) is 33.9 Å². The fourth-order valence-electron chi connectivity index (χ4n) is 4.22. The molecule has 2 unspecified atom stereocenters. The summed E-state index contributed by atoms with van der Waals surface area (Å²) in [6.45, 7) is 0. The molecular weight excluding hydrogens is 492 g/mol. The Bertz CT molecular complexity index is 1310. The second-order valence-corrected chi connectivity index (χ2v) is 8.14. The zero-order valence-electron chi connectivity index (χ0n) is 18.4. The van der Waals surface area contributed by atoms with Crippen LogP contribution in [-0.2, 0) is 17.1 Å². The standard InChI is InChI=1S/C24H17F6N3O3/c1-33-20(12-9-13(23(25,26)27)11-14(10-12)24(28,29)30)19(15-5-2-3-6-16(15)22(33)36)21(35)32-17-7-4-8-18(34)31-17/h2-11,19-20H,1H3,(H2,31,32,34,35). The molecule has 0 saturated carbocycles. The molecule has 36 heavy (non-hydrogen) atoms. The van der Waals surface area contributed by atoms with E-state index in [1.165, 1.54) is 49.5 Å². The molecule has 12 heteroatoms. The van der Waals surface area contributed by atoms with E-state index in [4.69, 9.17) is 0 Å². The molecule has 2 N–H and O–H groups in total. The number of benzene rings is 2. The quantitative estimate of drug-likeness (QED) is 0.465. The number of halogens is 6. The lowest BCUT2D eigenvalue weighted by Crippen LogP contribution is -2.44. The van der Waals surface area contributed by atoms with Gasteiger partial charge in [0.25, 0.3) is 5.91 Å². The number of fused-ring (bicyclic) bond motifs is 1. The molecule has 0 fully saturated rings. The van der Waals surface area contributed by atoms with Crippen molar-refractivity contribution in [1.82, 2.24) is 9.88 Å². The average molecular weight is 509 g/mol. The van der Waals surface area contributed by atoms with Crippen molar-refractivity contribution >= 4 is 17.6 Å². The number of hydrogen-bond donors (Lipinski definition) is 2. The molecule has 3 aromatic rings. The number of aromatic hydroxyl groups is 1. The van der Waals surface area contributed by atoms with Crippen LogP contribution in [0, 0.1) is 0 Å². The van der Waals surface area contributed by atoms with Gasteiger partial charge in [0.2, 0.25) is 11.8 Å². The van der Waals surface area contributed by atoms with Crippen LogP contribution < -0.4 is 5.32 Å². The van der Waals surface area contributed by atoms with Gasteiger partial charge in [-0.1, -0.05) is 24.3 Å². The highest BCUT2D eigenvalue weighted by Gasteiger charge is 2.45. The van der Waals surface area contributed by atoms with Gasteiger partial charge < -0.3 is 15.3 Å². The Hall–Kier alpha value is -4.09. The second kappa shape index (κ2) is 8.85. The third-order valence-corrected chi connectivity index (χ3v) is 5.80. The fourth-order valence-corrected chi connectivity index (χ4v) is 4.22. The summed E-state index contributed by atoms with van der Waals surface area (Å²) in [5.74, 6) is -3.46. The van der Waals surface area contributed by atoms with E-state index in [-0.39, 0.29) is 23.0 Å². The van der Waals surface area contributed by atoms with Crippen molar-refractivity contribution < 1.29 is 41.0 Å². The minimum Gasteiger partial charge on any atom is -0.493 e. The lowest BCUT2D eigenvalue weighted by molar-refractivity contribution is -0.143. The minimum absolute atomic E-state index is 0.0200. The summed E-state index contributed by atoms with van der Waals surface area (Å²) in [6, 6.07) is 9.25. The van der Waals surface area contributed by atoms with E-state index in [0.29, 0.717) is 12.1 Å². The Labute approximate surface area is 200 Å². The SMILES string of the molecule is CN1C(=O)c2ccccc2C(C(=O)Nc2cccc(O)n2)C1c1cc(C(F)(F)F)cc(C(F)(F)F)c1. The lowest BCUT2D eigenvalue weighted by Gasteiger charge is -2.40. The lowest BCUT2D eigenvalue weighted by atomic mass is 9.78. The molecule has 2 atom stereocenters. The first-order valence-corrected chi connectivity index (χ1v) is 10.4. The van der Waals surface area contributed by atoms with Gasteiger partial charge in [0, 0.05) is 18.7 Å². The topological polar surface area (TPSA) is 82.5 Å². The van der Waals surface area contributed by atoms with E-state index in [2.05, 4.69) is 10.3 Å². The Morgan fingerprint density at radius 2 is 1.56 bits per heavy atom. The molecule has 6 nitrogen and oxygen atoms in total. The molecule has 1 aliphatic rings. The van der Waals surface area contributed by atoms with E-state index in [9.17, 15) is 41.0 Å². The van der Waals surface area contributed by atoms with Gasteiger partial charge in [-0.05, 0) is 41.5 Å². The van der Waals surface area contributed by atoms with Crippen molar-refractivity contribution in [3.8, 4) is 5.88 Å². The largest absolute Gasteiger partial charge is 0.493 e. The highest BCUT2D eigenvalue weighted by Crippen LogP contribution is 2.45. The predicted molar refractivity (Wildman–Crippen MR) is 115 cm³/mol. The number of hydrogen-bond acceptors (Lipinski definition) is 4. The number of anilines is 1. The van der Waals surface area contributed by atoms with E-state index in [0.717, 1.165) is 4.90 Å². The summed E-state index contributed by atoms with van der Waals surface area (Å²) >= 11 is 0. The van der Waals surface area contributed by atoms with Gasteiger partial charge in [-0.3, -0.25) is 9.59 Å². The zero-order chi connectivity index (χ0) is 26.4. The van der Waals surface area contributed by atoms with Gasteiger partial charge in [0.05, 0.1) is 23.1 Å². The molecular formula is C24H17F6N3O3. The molecule has 4 rings (SSSR count). The Balaban J connectivity index is 1.91. The van der Waals surface area contributed by atoms with Crippen LogP contribution in [0.3, 0.4) is 0 Å². The first kappa shape index (κ1) is 25.0. The molecule has 0 aliphatic carbocycles. The highest BCUT2D eigenvalue weighted by molar-refractivity contribution is 6.04. The highest BCUT2D eigenvalue weighted by atomic mass is 19.4. The number of rotatable bonds is 3. The summed E-state index contributed by atoms with van der Waals surface area (Å²) < 4.78 is 81.2. The number of aromatic nitrogens is 1. The third-order valence-electron chi connectivity index (χ3n) is 5.80. The summed E-state index contributed by atoms with van der Waals surface area (Å²) in [7, 11) is 1.20. The van der Waals surface area contributed by atoms with E-state index >= 15 is 0 Å². The molecule has 2 aromatic carbocycles. The van der Waals surface area contributed by atoms with Gasteiger partial charge in [0.1, 0.15) is 5.82 Å². The maximum atomic E-state index is 13.5. The number of carbonyl (C=O) groups excluding carboxylic acids is 2. The van der Waals surface area contributed by atoms with Gasteiger partial charge >= 0.3 is 12.4 Å². The number of carbonyl (C=O) groups is 2. The summed E-state index contributed by atoms with van der Waals surface area (Å²) in [5, 5.41) is 12.0. The Morgan fingerprint density at radius 3 is 2.14 bits per heavy atom. The predicted octanol–water partition coefficient (Wildman–Crippen LogP) is 5.37. The van der Waals surface area contributed by atoms with Gasteiger partial charge in [-0.15, -0.1) is 0 Å². The van der Waals surface area contributed by atoms with Gasteiger partial charge in [-0.2, -0.15) is 31.3 Å². The third kappa shape index (κ3) is 4.70. The second-order valence-electron chi connectivity index (χ2n) is 8.14. The zero-order valence-corrected chi connectivity index (χ0v) is 18.4. The van der Waals surface area contributed by atoms with Crippen LogP contribution in [0.5, 0.6) is 5.88 Å². The van der Waals surface area contributed by atoms with Crippen molar-refractivity contribution in [2.45, 2.75) is 24.3 Å². The summed E-state index contributed by atoms with van der Waals surface area (Å²) in [5.41, 5.74) is -3.47. The van der Waals surface area contributed by atoms with Crippen LogP contribution in [0.15, 0.2) is 60.7 Å². The number of alkyl halides is 6. The van der Waals surface area contributed by atoms with Gasteiger partial charge in [-0.25, -0.2) is 0 Å². The number of amides is 2. The van der Waals surface area contributed by atoms with E-state index < -0.39 is 58.7 Å². The minimum atomic E-state index is -5.12. The van der Waals surface area contributed by atoms with Crippen LogP contribution in [0.1, 0.15) is 44.6 Å². The van der Waals surface area contributed by atoms with Crippen molar-refractivity contribution in [3.63, 3.8) is 0 Å². The number of nitrogens with one attached hydrogen (secondary N) is 1.